The summed E-state index contributed by atoms with van der Waals surface area (Å²) in [4.78, 5) is 14.2. The number of piperidine rings is 1. The molecule has 0 saturated carbocycles. The Kier molecular flexibility index (Phi) is 6.07. The molecule has 0 radical (unpaired) electrons. The zero-order valence-corrected chi connectivity index (χ0v) is 13.7. The molecule has 0 spiro atoms. The van der Waals surface area contributed by atoms with E-state index in [-0.39, 0.29) is 5.91 Å². The van der Waals surface area contributed by atoms with E-state index in [2.05, 4.69) is 5.32 Å². The lowest BCUT2D eigenvalue weighted by Gasteiger charge is -2.32. The fourth-order valence-corrected chi connectivity index (χ4v) is 2.74. The minimum Gasteiger partial charge on any atom is -0.493 e. The Morgan fingerprint density at radius 2 is 2.23 bits per heavy atom. The van der Waals surface area contributed by atoms with Gasteiger partial charge in [0.05, 0.1) is 20.1 Å². The first-order chi connectivity index (χ1) is 10.6. The Labute approximate surface area is 132 Å². The van der Waals surface area contributed by atoms with Crippen LogP contribution in [0.15, 0.2) is 18.2 Å². The molecule has 0 aromatic heterocycles. The third-order valence-corrected chi connectivity index (χ3v) is 4.07. The Balaban J connectivity index is 1.82. The maximum Gasteiger partial charge on any atom is 0.226 e. The highest BCUT2D eigenvalue weighted by molar-refractivity contribution is 5.76. The van der Waals surface area contributed by atoms with Crippen LogP contribution >= 0.6 is 0 Å². The van der Waals surface area contributed by atoms with Gasteiger partial charge in [0.25, 0.3) is 0 Å². The number of methoxy groups -OCH3 is 1. The summed E-state index contributed by atoms with van der Waals surface area (Å²) in [6, 6.07) is 6.20. The van der Waals surface area contributed by atoms with Crippen molar-refractivity contribution in [1.82, 2.24) is 10.2 Å². The summed E-state index contributed by atoms with van der Waals surface area (Å²) >= 11 is 0. The number of nitrogens with zero attached hydrogens (tertiary/aromatic N) is 1. The largest absolute Gasteiger partial charge is 0.493 e. The van der Waals surface area contributed by atoms with Gasteiger partial charge in [-0.2, -0.15) is 0 Å². The van der Waals surface area contributed by atoms with Crippen molar-refractivity contribution in [1.29, 1.82) is 0 Å². The third kappa shape index (κ3) is 4.37. The molecule has 0 unspecified atom stereocenters. The van der Waals surface area contributed by atoms with E-state index in [4.69, 9.17) is 9.47 Å². The van der Waals surface area contributed by atoms with Gasteiger partial charge >= 0.3 is 0 Å². The SMILES string of the molecule is CN[C@@H]1CCCN(C(=O)CCOc2ccc(C)cc2OC)C1. The van der Waals surface area contributed by atoms with E-state index < -0.39 is 0 Å². The first-order valence-corrected chi connectivity index (χ1v) is 7.86. The van der Waals surface area contributed by atoms with Crippen molar-refractivity contribution in [3.05, 3.63) is 23.8 Å². The molecule has 1 N–H and O–H groups in total. The standard InChI is InChI=1S/C17H26N2O3/c1-13-6-7-15(16(11-13)21-3)22-10-8-17(20)19-9-4-5-14(12-19)18-2/h6-7,11,14,18H,4-5,8-10,12H2,1-3H3/t14-/m1/s1. The molecule has 1 aromatic rings. The summed E-state index contributed by atoms with van der Waals surface area (Å²) in [5, 5.41) is 3.25. The molecule has 122 valence electrons. The minimum atomic E-state index is 0.158. The molecule has 1 heterocycles. The fraction of sp³-hybridized carbons (Fsp3) is 0.588. The first kappa shape index (κ1) is 16.6. The van der Waals surface area contributed by atoms with E-state index in [9.17, 15) is 4.79 Å². The number of nitrogens with one attached hydrogen (secondary N) is 1. The molecular formula is C17H26N2O3. The second kappa shape index (κ2) is 8.03. The first-order valence-electron chi connectivity index (χ1n) is 7.86. The number of likely N-dealkylation sites (N-methyl/N-ethyl adjacent to an activating group) is 1. The number of rotatable bonds is 6. The van der Waals surface area contributed by atoms with Gasteiger partial charge in [-0.1, -0.05) is 6.07 Å². The normalized spacial score (nSPS) is 18.1. The van der Waals surface area contributed by atoms with Crippen LogP contribution in [0.3, 0.4) is 0 Å². The second-order valence-corrected chi connectivity index (χ2v) is 5.72. The minimum absolute atomic E-state index is 0.158. The smallest absolute Gasteiger partial charge is 0.226 e. The van der Waals surface area contributed by atoms with Crippen LogP contribution in [0.2, 0.25) is 0 Å². The number of ether oxygens (including phenoxy) is 2. The number of benzene rings is 1. The number of aryl methyl sites for hydroxylation is 1. The van der Waals surface area contributed by atoms with Crippen LogP contribution < -0.4 is 14.8 Å². The molecule has 1 aliphatic rings. The highest BCUT2D eigenvalue weighted by Crippen LogP contribution is 2.27. The summed E-state index contributed by atoms with van der Waals surface area (Å²) in [5.74, 6) is 1.55. The van der Waals surface area contributed by atoms with Crippen LogP contribution in [0.4, 0.5) is 0 Å². The highest BCUT2D eigenvalue weighted by Gasteiger charge is 2.22. The number of hydrogen-bond donors (Lipinski definition) is 1. The molecule has 1 fully saturated rings. The summed E-state index contributed by atoms with van der Waals surface area (Å²) in [6.45, 7) is 4.03. The van der Waals surface area contributed by atoms with Gasteiger partial charge in [0.15, 0.2) is 11.5 Å². The average molecular weight is 306 g/mol. The second-order valence-electron chi connectivity index (χ2n) is 5.72. The molecule has 0 aliphatic carbocycles. The lowest BCUT2D eigenvalue weighted by atomic mass is 10.1. The van der Waals surface area contributed by atoms with Crippen molar-refractivity contribution in [3.8, 4) is 11.5 Å². The van der Waals surface area contributed by atoms with Crippen molar-refractivity contribution >= 4 is 5.91 Å². The van der Waals surface area contributed by atoms with Crippen LogP contribution in [0.25, 0.3) is 0 Å². The maximum atomic E-state index is 12.2. The number of carbonyl (C=O) groups excluding carboxylic acids is 1. The molecule has 1 saturated heterocycles. The van der Waals surface area contributed by atoms with Gasteiger partial charge < -0.3 is 19.7 Å². The van der Waals surface area contributed by atoms with E-state index in [1.165, 1.54) is 0 Å². The predicted molar refractivity (Wildman–Crippen MR) is 86.5 cm³/mol. The van der Waals surface area contributed by atoms with Crippen LogP contribution in [0.5, 0.6) is 11.5 Å². The molecule has 1 aromatic carbocycles. The van der Waals surface area contributed by atoms with Crippen LogP contribution in [0, 0.1) is 6.92 Å². The number of hydrogen-bond acceptors (Lipinski definition) is 4. The monoisotopic (exact) mass is 306 g/mol. The maximum absolute atomic E-state index is 12.2. The van der Waals surface area contributed by atoms with Crippen molar-refractivity contribution in [3.63, 3.8) is 0 Å². The van der Waals surface area contributed by atoms with Crippen LogP contribution in [0.1, 0.15) is 24.8 Å². The molecule has 5 nitrogen and oxygen atoms in total. The third-order valence-electron chi connectivity index (χ3n) is 4.07. The van der Waals surface area contributed by atoms with E-state index >= 15 is 0 Å². The van der Waals surface area contributed by atoms with E-state index in [0.29, 0.717) is 30.6 Å². The van der Waals surface area contributed by atoms with Crippen molar-refractivity contribution in [2.75, 3.05) is 33.9 Å². The molecule has 1 aliphatic heterocycles. The number of amides is 1. The van der Waals surface area contributed by atoms with Crippen molar-refractivity contribution in [2.24, 2.45) is 0 Å². The lowest BCUT2D eigenvalue weighted by molar-refractivity contribution is -0.133. The summed E-state index contributed by atoms with van der Waals surface area (Å²) in [5.41, 5.74) is 1.12. The van der Waals surface area contributed by atoms with E-state index in [0.717, 1.165) is 31.5 Å². The quantitative estimate of drug-likeness (QED) is 0.873. The van der Waals surface area contributed by atoms with Gasteiger partial charge in [-0.15, -0.1) is 0 Å². The Hall–Kier alpha value is -1.75. The topological polar surface area (TPSA) is 50.8 Å². The summed E-state index contributed by atoms with van der Waals surface area (Å²) in [6.07, 6.45) is 2.59. The predicted octanol–water partition coefficient (Wildman–Crippen LogP) is 1.98. The molecular weight excluding hydrogens is 280 g/mol. The molecule has 1 atom stereocenters. The van der Waals surface area contributed by atoms with E-state index in [1.807, 2.05) is 37.1 Å². The van der Waals surface area contributed by atoms with Crippen LogP contribution in [-0.4, -0.2) is 50.7 Å². The average Bonchev–Trinajstić information content (AvgIpc) is 2.56. The number of likely N-dealkylation sites (tertiary alicyclic amines) is 1. The molecule has 22 heavy (non-hydrogen) atoms. The van der Waals surface area contributed by atoms with Crippen molar-refractivity contribution in [2.45, 2.75) is 32.2 Å². The van der Waals surface area contributed by atoms with Gasteiger partial charge in [-0.05, 0) is 44.5 Å². The van der Waals surface area contributed by atoms with Gasteiger partial charge in [-0.3, -0.25) is 4.79 Å². The fourth-order valence-electron chi connectivity index (χ4n) is 2.74. The Morgan fingerprint density at radius 1 is 1.41 bits per heavy atom. The molecule has 5 heteroatoms. The van der Waals surface area contributed by atoms with Crippen LogP contribution in [-0.2, 0) is 4.79 Å². The number of carbonyl (C=O) groups is 1. The zero-order valence-electron chi connectivity index (χ0n) is 13.7. The van der Waals surface area contributed by atoms with Gasteiger partial charge in [0, 0.05) is 19.1 Å². The van der Waals surface area contributed by atoms with E-state index in [1.54, 1.807) is 7.11 Å². The summed E-state index contributed by atoms with van der Waals surface area (Å²) in [7, 11) is 3.57. The van der Waals surface area contributed by atoms with Gasteiger partial charge in [0.2, 0.25) is 5.91 Å². The van der Waals surface area contributed by atoms with Gasteiger partial charge in [0.1, 0.15) is 0 Å². The molecule has 1 amide bonds. The Morgan fingerprint density at radius 3 is 2.95 bits per heavy atom. The highest BCUT2D eigenvalue weighted by atomic mass is 16.5. The molecule has 0 bridgehead atoms. The van der Waals surface area contributed by atoms with Crippen molar-refractivity contribution < 1.29 is 14.3 Å². The van der Waals surface area contributed by atoms with Gasteiger partial charge in [-0.25, -0.2) is 0 Å². The lowest BCUT2D eigenvalue weighted by Crippen LogP contribution is -2.47. The zero-order chi connectivity index (χ0) is 15.9. The summed E-state index contributed by atoms with van der Waals surface area (Å²) < 4.78 is 11.0. The Bertz CT molecular complexity index is 505. The molecule has 2 rings (SSSR count).